The Kier molecular flexibility index (Phi) is 14.5. The summed E-state index contributed by atoms with van der Waals surface area (Å²) in [5.41, 5.74) is 0. The largest absolute Gasteiger partial charge is 0.500 e. The van der Waals surface area contributed by atoms with Crippen molar-refractivity contribution in [2.75, 3.05) is 52.7 Å². The fraction of sp³-hybridized carbons (Fsp3) is 1.00. The second kappa shape index (κ2) is 14.6. The lowest BCUT2D eigenvalue weighted by Crippen LogP contribution is -2.46. The maximum Gasteiger partial charge on any atom is 0.500 e. The van der Waals surface area contributed by atoms with Crippen molar-refractivity contribution in [1.82, 2.24) is 4.90 Å². The van der Waals surface area contributed by atoms with Gasteiger partial charge in [0.1, 0.15) is 0 Å². The van der Waals surface area contributed by atoms with Gasteiger partial charge in [-0.05, 0) is 46.6 Å². The van der Waals surface area contributed by atoms with Crippen molar-refractivity contribution in [2.24, 2.45) is 0 Å². The molecule has 0 unspecified atom stereocenters. The van der Waals surface area contributed by atoms with E-state index in [1.165, 1.54) is 0 Å². The van der Waals surface area contributed by atoms with Crippen LogP contribution in [0, 0.1) is 0 Å². The summed E-state index contributed by atoms with van der Waals surface area (Å²) in [7, 11) is -2.55. The van der Waals surface area contributed by atoms with Gasteiger partial charge in [-0.1, -0.05) is 0 Å². The maximum atomic E-state index is 8.98. The zero-order valence-electron chi connectivity index (χ0n) is 14.6. The van der Waals surface area contributed by atoms with Gasteiger partial charge < -0.3 is 28.4 Å². The highest BCUT2D eigenvalue weighted by molar-refractivity contribution is 6.60. The van der Waals surface area contributed by atoms with E-state index in [1.54, 1.807) is 0 Å². The lowest BCUT2D eigenvalue weighted by molar-refractivity contribution is 0.0697. The van der Waals surface area contributed by atoms with Crippen molar-refractivity contribution < 1.29 is 23.5 Å². The molecule has 0 bridgehead atoms. The van der Waals surface area contributed by atoms with Crippen LogP contribution in [0.25, 0.3) is 0 Å². The van der Waals surface area contributed by atoms with Crippen LogP contribution in [0.15, 0.2) is 0 Å². The molecular formula is C15H35NO5Si. The summed E-state index contributed by atoms with van der Waals surface area (Å²) in [5, 5.41) is 18.0. The summed E-state index contributed by atoms with van der Waals surface area (Å²) in [6, 6.07) is 0.803. The van der Waals surface area contributed by atoms with E-state index in [9.17, 15) is 0 Å². The quantitative estimate of drug-likeness (QED) is 0.416. The van der Waals surface area contributed by atoms with E-state index in [0.717, 1.165) is 44.9 Å². The molecule has 0 atom stereocenters. The minimum Gasteiger partial charge on any atom is -0.396 e. The van der Waals surface area contributed by atoms with E-state index < -0.39 is 8.80 Å². The number of nitrogens with zero attached hydrogens (tertiary/aromatic N) is 1. The van der Waals surface area contributed by atoms with Gasteiger partial charge in [0.05, 0.1) is 0 Å². The fourth-order valence-corrected chi connectivity index (χ4v) is 5.04. The molecule has 0 spiro atoms. The fourth-order valence-electron chi connectivity index (χ4n) is 2.44. The molecule has 0 radical (unpaired) electrons. The number of hydrogen-bond acceptors (Lipinski definition) is 6. The normalized spacial score (nSPS) is 12.3. The average molecular weight is 338 g/mol. The van der Waals surface area contributed by atoms with E-state index >= 15 is 0 Å². The van der Waals surface area contributed by atoms with E-state index in [1.807, 2.05) is 20.8 Å². The van der Waals surface area contributed by atoms with Gasteiger partial charge in [-0.2, -0.15) is 0 Å². The Morgan fingerprint density at radius 2 is 1.14 bits per heavy atom. The molecule has 0 aromatic carbocycles. The summed E-state index contributed by atoms with van der Waals surface area (Å²) in [6.07, 6.45) is 2.45. The third kappa shape index (κ3) is 9.89. The molecule has 0 aliphatic heterocycles. The van der Waals surface area contributed by atoms with E-state index in [4.69, 9.17) is 23.5 Å². The second-order valence-electron chi connectivity index (χ2n) is 5.08. The molecule has 0 amide bonds. The lowest BCUT2D eigenvalue weighted by atomic mass is 10.3. The lowest BCUT2D eigenvalue weighted by Gasteiger charge is -2.29. The van der Waals surface area contributed by atoms with Crippen molar-refractivity contribution in [3.63, 3.8) is 0 Å². The molecule has 134 valence electrons. The van der Waals surface area contributed by atoms with Gasteiger partial charge in [-0.25, -0.2) is 0 Å². The highest BCUT2D eigenvalue weighted by atomic mass is 28.4. The number of aliphatic hydroxyl groups excluding tert-OH is 2. The third-order valence-electron chi connectivity index (χ3n) is 3.31. The first-order valence-corrected chi connectivity index (χ1v) is 10.5. The number of hydrogen-bond donors (Lipinski definition) is 2. The van der Waals surface area contributed by atoms with Gasteiger partial charge in [0, 0.05) is 52.2 Å². The first-order chi connectivity index (χ1) is 10.7. The van der Waals surface area contributed by atoms with Crippen LogP contribution >= 0.6 is 0 Å². The Morgan fingerprint density at radius 1 is 0.727 bits per heavy atom. The maximum absolute atomic E-state index is 8.98. The molecule has 2 N–H and O–H groups in total. The standard InChI is InChI=1S/C15H35NO5Si/c1-4-19-22(20-5-2,21-6-3)15-9-12-16(10-7-13-17)11-8-14-18/h17-18H,4-15H2,1-3H3. The Bertz CT molecular complexity index is 221. The summed E-state index contributed by atoms with van der Waals surface area (Å²) in [6.45, 7) is 10.7. The first kappa shape index (κ1) is 22.0. The zero-order chi connectivity index (χ0) is 16.7. The van der Waals surface area contributed by atoms with Crippen molar-refractivity contribution in [2.45, 2.75) is 46.1 Å². The molecule has 6 nitrogen and oxygen atoms in total. The van der Waals surface area contributed by atoms with Crippen LogP contribution in [-0.2, 0) is 13.3 Å². The summed E-state index contributed by atoms with van der Waals surface area (Å²) in [4.78, 5) is 2.27. The van der Waals surface area contributed by atoms with Crippen LogP contribution in [0.2, 0.25) is 6.04 Å². The minimum atomic E-state index is -2.55. The van der Waals surface area contributed by atoms with Crippen molar-refractivity contribution in [3.8, 4) is 0 Å². The minimum absolute atomic E-state index is 0.200. The van der Waals surface area contributed by atoms with Crippen LogP contribution in [0.3, 0.4) is 0 Å². The van der Waals surface area contributed by atoms with Crippen LogP contribution in [-0.4, -0.2) is 76.6 Å². The summed E-state index contributed by atoms with van der Waals surface area (Å²) < 4.78 is 17.6. The Labute approximate surface area is 136 Å². The van der Waals surface area contributed by atoms with Gasteiger partial charge in [0.2, 0.25) is 0 Å². The van der Waals surface area contributed by atoms with Crippen molar-refractivity contribution >= 4 is 8.80 Å². The van der Waals surface area contributed by atoms with Crippen LogP contribution in [0.1, 0.15) is 40.0 Å². The van der Waals surface area contributed by atoms with Gasteiger partial charge in [0.15, 0.2) is 0 Å². The molecule has 0 saturated carbocycles. The molecule has 0 heterocycles. The number of rotatable bonds is 16. The predicted molar refractivity (Wildman–Crippen MR) is 89.9 cm³/mol. The Morgan fingerprint density at radius 3 is 1.50 bits per heavy atom. The Balaban J connectivity index is 4.39. The van der Waals surface area contributed by atoms with Crippen molar-refractivity contribution in [1.29, 1.82) is 0 Å². The summed E-state index contributed by atoms with van der Waals surface area (Å²) in [5.74, 6) is 0. The highest BCUT2D eigenvalue weighted by Crippen LogP contribution is 2.18. The van der Waals surface area contributed by atoms with Gasteiger partial charge in [0.25, 0.3) is 0 Å². The van der Waals surface area contributed by atoms with E-state index in [-0.39, 0.29) is 13.2 Å². The zero-order valence-corrected chi connectivity index (χ0v) is 15.6. The second-order valence-corrected chi connectivity index (χ2v) is 7.81. The highest BCUT2D eigenvalue weighted by Gasteiger charge is 2.39. The molecular weight excluding hydrogens is 302 g/mol. The van der Waals surface area contributed by atoms with Crippen LogP contribution in [0.4, 0.5) is 0 Å². The molecule has 0 rings (SSSR count). The molecule has 0 fully saturated rings. The smallest absolute Gasteiger partial charge is 0.396 e. The van der Waals surface area contributed by atoms with Gasteiger partial charge in [-0.3, -0.25) is 0 Å². The molecule has 0 aliphatic rings. The number of aliphatic hydroxyl groups is 2. The molecule has 0 aliphatic carbocycles. The molecule has 7 heteroatoms. The molecule has 22 heavy (non-hydrogen) atoms. The predicted octanol–water partition coefficient (Wildman–Crippen LogP) is 1.49. The molecule has 0 aromatic rings. The third-order valence-corrected chi connectivity index (χ3v) is 6.47. The molecule has 0 saturated heterocycles. The van der Waals surface area contributed by atoms with E-state index in [2.05, 4.69) is 4.90 Å². The van der Waals surface area contributed by atoms with Gasteiger partial charge in [-0.15, -0.1) is 0 Å². The first-order valence-electron chi connectivity index (χ1n) is 8.53. The molecule has 0 aromatic heterocycles. The topological polar surface area (TPSA) is 71.4 Å². The van der Waals surface area contributed by atoms with Crippen LogP contribution in [0.5, 0.6) is 0 Å². The van der Waals surface area contributed by atoms with Gasteiger partial charge >= 0.3 is 8.80 Å². The van der Waals surface area contributed by atoms with Crippen molar-refractivity contribution in [3.05, 3.63) is 0 Å². The average Bonchev–Trinajstić information content (AvgIpc) is 2.50. The SMILES string of the molecule is CCO[Si](CCCN(CCCO)CCCO)(OCC)OCC. The Hall–Kier alpha value is -0.0231. The van der Waals surface area contributed by atoms with E-state index in [0.29, 0.717) is 19.8 Å². The monoisotopic (exact) mass is 337 g/mol. The summed E-state index contributed by atoms with van der Waals surface area (Å²) >= 11 is 0. The van der Waals surface area contributed by atoms with Crippen LogP contribution < -0.4 is 0 Å².